The summed E-state index contributed by atoms with van der Waals surface area (Å²) in [7, 11) is 9.05. The zero-order valence-electron chi connectivity index (χ0n) is 75.3. The predicted molar refractivity (Wildman–Crippen MR) is 504 cm³/mol. The Balaban J connectivity index is 0.000000127. The summed E-state index contributed by atoms with van der Waals surface area (Å²) in [5.74, 6) is -0.365. The van der Waals surface area contributed by atoms with Gasteiger partial charge in [0, 0.05) is 196 Å². The lowest BCUT2D eigenvalue weighted by atomic mass is 9.61. The number of nitrogens with zero attached hydrogens (tertiary/aromatic N) is 12. The van der Waals surface area contributed by atoms with Crippen LogP contribution in [0.4, 0.5) is 27.1 Å². The highest BCUT2D eigenvalue weighted by Crippen LogP contribution is 2.54. The topological polar surface area (TPSA) is 293 Å². The van der Waals surface area contributed by atoms with Crippen LogP contribution in [0.15, 0.2) is 158 Å². The molecule has 5 saturated carbocycles. The summed E-state index contributed by atoms with van der Waals surface area (Å²) in [6, 6.07) is 50.0. The molecule has 129 heavy (non-hydrogen) atoms. The van der Waals surface area contributed by atoms with E-state index in [2.05, 4.69) is 136 Å². The van der Waals surface area contributed by atoms with Crippen molar-refractivity contribution in [3.05, 3.63) is 242 Å². The number of pyridine rings is 2. The largest absolute Gasteiger partial charge is 0.477 e. The molecule has 6 aliphatic heterocycles. The molecule has 5 aliphatic carbocycles. The number of hydrogen-bond donors (Lipinski definition) is 5. The third-order valence-electron chi connectivity index (χ3n) is 28.0. The Morgan fingerprint density at radius 2 is 0.806 bits per heavy atom. The van der Waals surface area contributed by atoms with E-state index < -0.39 is 5.97 Å². The molecule has 5 spiro atoms. The second-order valence-corrected chi connectivity index (χ2v) is 37.8. The number of methoxy groups -OCH3 is 5. The second kappa shape index (κ2) is 41.5. The molecule has 11 aliphatic rings. The highest BCUT2D eigenvalue weighted by atomic mass is 35.5. The van der Waals surface area contributed by atoms with Crippen molar-refractivity contribution < 1.29 is 47.6 Å². The molecule has 11 heterocycles. The number of halogens is 4. The number of carbonyl (C=O) groups is 3. The first-order valence-electron chi connectivity index (χ1n) is 45.1. The number of imidazole rings is 3. The van der Waals surface area contributed by atoms with E-state index in [0.29, 0.717) is 123 Å². The Labute approximate surface area is 772 Å². The minimum absolute atomic E-state index is 0. The molecule has 10 fully saturated rings. The first-order chi connectivity index (χ1) is 61.9. The molecule has 25 nitrogen and oxygen atoms in total. The molecular weight excluding hydrogens is 1690 g/mol. The van der Waals surface area contributed by atoms with Crippen LogP contribution in [0, 0.1) is 55.6 Å². The van der Waals surface area contributed by atoms with Crippen molar-refractivity contribution in [2.75, 3.05) is 121 Å². The summed E-state index contributed by atoms with van der Waals surface area (Å²) in [5.41, 5.74) is 23.1. The normalized spacial score (nSPS) is 20.0. The Hall–Kier alpha value is -10.2. The van der Waals surface area contributed by atoms with Gasteiger partial charge in [-0.15, -0.1) is 12.4 Å². The van der Waals surface area contributed by atoms with Crippen LogP contribution >= 0.6 is 35.6 Å². The average molecular weight is 1820 g/mol. The van der Waals surface area contributed by atoms with Crippen LogP contribution in [-0.4, -0.2) is 183 Å². The maximum atomic E-state index is 12.9. The quantitative estimate of drug-likeness (QED) is 0.0474. The molecule has 684 valence electrons. The van der Waals surface area contributed by atoms with Gasteiger partial charge >= 0.3 is 5.97 Å². The number of aryl methyl sites for hydroxylation is 4. The van der Waals surface area contributed by atoms with E-state index >= 15 is 0 Å². The molecule has 21 rings (SSSR count). The highest BCUT2D eigenvalue weighted by molar-refractivity contribution is 6.30. The van der Waals surface area contributed by atoms with Gasteiger partial charge in [0.15, 0.2) is 5.69 Å². The van der Waals surface area contributed by atoms with E-state index in [9.17, 15) is 18.8 Å². The minimum Gasteiger partial charge on any atom is -0.477 e. The van der Waals surface area contributed by atoms with Gasteiger partial charge < -0.3 is 74.6 Å². The Morgan fingerprint density at radius 1 is 0.473 bits per heavy atom. The number of nitrogens with two attached hydrogens (primary N) is 1. The van der Waals surface area contributed by atoms with E-state index in [1.54, 1.807) is 49.2 Å². The molecule has 0 bridgehead atoms. The van der Waals surface area contributed by atoms with Gasteiger partial charge in [0.1, 0.15) is 34.3 Å². The Morgan fingerprint density at radius 3 is 1.15 bits per heavy atom. The number of rotatable bonds is 20. The van der Waals surface area contributed by atoms with Gasteiger partial charge in [-0.2, -0.15) is 10.5 Å². The van der Waals surface area contributed by atoms with Gasteiger partial charge in [-0.25, -0.2) is 24.1 Å². The number of anilines is 4. The lowest BCUT2D eigenvalue weighted by molar-refractivity contribution is -0.0850. The molecule has 5 aromatic heterocycles. The Bertz CT molecular complexity index is 5560. The van der Waals surface area contributed by atoms with Crippen LogP contribution in [-0.2, 0) is 75.5 Å². The second-order valence-electron chi connectivity index (χ2n) is 37.0. The van der Waals surface area contributed by atoms with Gasteiger partial charge in [0.05, 0.1) is 80.9 Å². The minimum atomic E-state index is -0.985. The number of hydrogen-bond acceptors (Lipinski definition) is 19. The number of amides is 2. The highest BCUT2D eigenvalue weighted by Gasteiger charge is 2.56. The van der Waals surface area contributed by atoms with E-state index in [4.69, 9.17) is 73.2 Å². The van der Waals surface area contributed by atoms with Gasteiger partial charge in [-0.3, -0.25) is 18.4 Å². The van der Waals surface area contributed by atoms with Crippen molar-refractivity contribution in [3.8, 4) is 12.1 Å². The van der Waals surface area contributed by atoms with Crippen LogP contribution in [0.25, 0.3) is 11.3 Å². The van der Waals surface area contributed by atoms with Gasteiger partial charge in [-0.1, -0.05) is 80.4 Å². The van der Waals surface area contributed by atoms with Crippen molar-refractivity contribution in [2.24, 2.45) is 32.8 Å². The van der Waals surface area contributed by atoms with E-state index in [-0.39, 0.29) is 35.7 Å². The first kappa shape index (κ1) is 94.9. The summed E-state index contributed by atoms with van der Waals surface area (Å²) in [6.07, 6.45) is 23.3. The molecule has 0 radical (unpaired) electrons. The fourth-order valence-corrected chi connectivity index (χ4v) is 20.7. The maximum absolute atomic E-state index is 12.9. The van der Waals surface area contributed by atoms with Gasteiger partial charge in [-0.05, 0) is 222 Å². The molecule has 0 atom stereocenters. The van der Waals surface area contributed by atoms with Crippen molar-refractivity contribution in [1.82, 2.24) is 44.3 Å². The zero-order chi connectivity index (χ0) is 90.1. The molecule has 6 N–H and O–H groups in total. The smallest absolute Gasteiger partial charge is 0.354 e. The summed E-state index contributed by atoms with van der Waals surface area (Å²) in [4.78, 5) is 60.1. The number of carboxylic acid groups (broad SMARTS) is 1. The molecule has 29 heteroatoms. The van der Waals surface area contributed by atoms with Crippen LogP contribution in [0.3, 0.4) is 0 Å². The molecule has 5 saturated heterocycles. The van der Waals surface area contributed by atoms with E-state index in [1.165, 1.54) is 154 Å². The average Bonchev–Trinajstić information content (AvgIpc) is 1.41. The Kier molecular flexibility index (Phi) is 30.5. The monoisotopic (exact) mass is 1810 g/mol. The fourth-order valence-electron chi connectivity index (χ4n) is 20.4. The van der Waals surface area contributed by atoms with Crippen LogP contribution < -0.4 is 41.3 Å². The molecule has 2 amide bonds. The first-order valence-corrected chi connectivity index (χ1v) is 45.8. The summed E-state index contributed by atoms with van der Waals surface area (Å²) >= 11 is 11.9. The number of aromatic carboxylic acids is 1. The summed E-state index contributed by atoms with van der Waals surface area (Å²) in [5, 5.41) is 36.6. The number of nitrogens with one attached hydrogen (secondary N) is 3. The molecule has 10 aromatic rings. The third kappa shape index (κ3) is 21.5. The van der Waals surface area contributed by atoms with Gasteiger partial charge in [0.25, 0.3) is 11.8 Å². The number of ether oxygens (including phenoxy) is 5. The van der Waals surface area contributed by atoms with Gasteiger partial charge in [0.2, 0.25) is 0 Å². The zero-order valence-corrected chi connectivity index (χ0v) is 77.6. The number of carbonyl (C=O) groups excluding carboxylic acids is 2. The van der Waals surface area contributed by atoms with Crippen LogP contribution in [0.2, 0.25) is 10.0 Å². The van der Waals surface area contributed by atoms with Crippen molar-refractivity contribution >= 4 is 87.4 Å². The number of aromatic nitrogens is 6. The third-order valence-corrected chi connectivity index (χ3v) is 28.4. The number of carboxylic acids is 1. The number of nitriles is 2. The summed E-state index contributed by atoms with van der Waals surface area (Å²) in [6.45, 7) is 20.1. The maximum Gasteiger partial charge on any atom is 0.354 e. The van der Waals surface area contributed by atoms with Crippen LogP contribution in [0.5, 0.6) is 0 Å². The fraction of sp³-hybridized carbons (Fsp3) is 0.480. The number of benzene rings is 5. The lowest BCUT2D eigenvalue weighted by Gasteiger charge is -2.59. The molecular formula is C100H122Cl3FN16O9. The van der Waals surface area contributed by atoms with E-state index in [0.717, 1.165) is 110 Å². The van der Waals surface area contributed by atoms with Crippen LogP contribution in [0.1, 0.15) is 180 Å². The lowest BCUT2D eigenvalue weighted by Crippen LogP contribution is -2.64. The van der Waals surface area contributed by atoms with Crippen molar-refractivity contribution in [3.63, 3.8) is 0 Å². The molecule has 5 aromatic carbocycles. The number of fused-ring (bicyclic) bond motifs is 3. The summed E-state index contributed by atoms with van der Waals surface area (Å²) < 4.78 is 44.3. The van der Waals surface area contributed by atoms with Crippen molar-refractivity contribution in [1.29, 1.82) is 10.5 Å². The van der Waals surface area contributed by atoms with Crippen molar-refractivity contribution in [2.45, 2.75) is 180 Å². The standard InChI is InChI=1S/C24H27ClN4O2.C24H32N4O2.C14H20N2O.C14H16N2O.C10H9ClN2O2.C7H4FN.C7H13NO.ClH/c1-3-20-22(29-13-17(25)6-9-21(29)27-20)23(30)26-12-16-4-7-18(8-5-16)28-14-24(15-28)10-19(11-24)31-2;1-3-20-22(28-11-5-4-6-21(28)26-20)23(29)25-14-17-7-9-18(10-8-17)27-15-24(16-27)12-19(13-24)30-2;2*1-17-13-6-14(7-13)9-16(10-14)12-4-2-11(8-15)3-5-12;1-2-7-9(10(14)15)13-5-6(11)3-4-8(13)12-7;8-7-3-1-6(5-9)2-4-7;1-9-6-2-7(3-6)4-8-5-7;/h4-9,13,19H,3,10-12,14-15H2,1-2H3,(H,26,30);7-10,19H,3-6,11-16H2,1-2H3,(H,25,29);2-5,13H,6-10,15H2,1H3;2-5,13H,6-7,9-10H2,1H3;3-5H,2H2,1H3,(H,14,15);1-4H;6,8H,2-5H2,1H3;1H. The molecule has 0 unspecified atom stereocenters. The SMILES string of the molecule is CCc1nc2ccc(Cl)cn2c1C(=O)NCc1ccc(N2CC3(CC(OC)C3)C2)cc1.CCc1nc2ccc(Cl)cn2c1C(=O)O.CCc1nc2n(c1C(=O)NCc1ccc(N3CC4(CC(OC)C4)C3)cc1)CCCC2.COC1CC2(C1)CN(c1ccc(C#N)cc1)C2.COC1CC2(C1)CN(c1ccc(CN)cc1)C2.COC1CC2(CNC2)C1.Cl.N#Cc1ccc(F)cc1. The van der Waals surface area contributed by atoms with E-state index in [1.807, 2.05) is 71.6 Å². The predicted octanol–water partition coefficient (Wildman–Crippen LogP) is 16.1.